The fourth-order valence-corrected chi connectivity index (χ4v) is 3.93. The lowest BCUT2D eigenvalue weighted by Crippen LogP contribution is -2.42. The van der Waals surface area contributed by atoms with E-state index in [4.69, 9.17) is 11.6 Å². The molecule has 1 nitrogen and oxygen atoms in total. The van der Waals surface area contributed by atoms with Crippen LogP contribution in [0.25, 0.3) is 0 Å². The van der Waals surface area contributed by atoms with Gasteiger partial charge in [0.2, 0.25) is 0 Å². The van der Waals surface area contributed by atoms with E-state index in [9.17, 15) is 0 Å². The summed E-state index contributed by atoms with van der Waals surface area (Å²) in [7, 11) is 0. The van der Waals surface area contributed by atoms with Crippen molar-refractivity contribution in [3.63, 3.8) is 0 Å². The highest BCUT2D eigenvalue weighted by molar-refractivity contribution is 6.18. The summed E-state index contributed by atoms with van der Waals surface area (Å²) in [5.74, 6) is 1.36. The van der Waals surface area contributed by atoms with E-state index in [1.165, 1.54) is 50.0 Å². The molecule has 0 aliphatic carbocycles. The van der Waals surface area contributed by atoms with Crippen molar-refractivity contribution >= 4 is 11.6 Å². The van der Waals surface area contributed by atoms with Crippen molar-refractivity contribution in [1.82, 2.24) is 4.90 Å². The zero-order chi connectivity index (χ0) is 17.1. The summed E-state index contributed by atoms with van der Waals surface area (Å²) in [4.78, 5) is 2.67. The molecule has 0 aromatic heterocycles. The minimum absolute atomic E-state index is 0.0606. The number of likely N-dealkylation sites (tertiary alicyclic amines) is 1. The highest BCUT2D eigenvalue weighted by Gasteiger charge is 2.27. The van der Waals surface area contributed by atoms with Crippen LogP contribution in [-0.4, -0.2) is 30.4 Å². The fraction of sp³-hybridized carbons (Fsp3) is 0.714. The molecule has 0 radical (unpaired) electrons. The maximum Gasteiger partial charge on any atom is 0.0315 e. The van der Waals surface area contributed by atoms with E-state index in [0.29, 0.717) is 17.2 Å². The van der Waals surface area contributed by atoms with Gasteiger partial charge in [0.05, 0.1) is 0 Å². The first-order valence-electron chi connectivity index (χ1n) is 9.10. The molecule has 1 aromatic rings. The van der Waals surface area contributed by atoms with Crippen molar-refractivity contribution in [2.45, 2.75) is 59.3 Å². The third-order valence-corrected chi connectivity index (χ3v) is 5.87. The molecule has 23 heavy (non-hydrogen) atoms. The van der Waals surface area contributed by atoms with Crippen molar-refractivity contribution in [2.75, 3.05) is 25.5 Å². The molecule has 1 aliphatic heterocycles. The van der Waals surface area contributed by atoms with Crippen LogP contribution >= 0.6 is 11.6 Å². The first kappa shape index (κ1) is 18.8. The molecule has 2 rings (SSSR count). The third kappa shape index (κ3) is 5.50. The van der Waals surface area contributed by atoms with Crippen LogP contribution in [0.3, 0.4) is 0 Å². The molecule has 1 unspecified atom stereocenters. The summed E-state index contributed by atoms with van der Waals surface area (Å²) in [5, 5.41) is 0. The van der Waals surface area contributed by atoms with E-state index in [1.807, 2.05) is 0 Å². The Bertz CT molecular complexity index is 489. The predicted molar refractivity (Wildman–Crippen MR) is 103 cm³/mol. The van der Waals surface area contributed by atoms with Crippen molar-refractivity contribution in [2.24, 2.45) is 11.3 Å². The van der Waals surface area contributed by atoms with Gasteiger partial charge in [-0.3, -0.25) is 0 Å². The molecule has 1 aromatic carbocycles. The normalized spacial score (nSPS) is 20.4. The molecule has 1 atom stereocenters. The van der Waals surface area contributed by atoms with Crippen LogP contribution in [0.1, 0.15) is 58.6 Å². The molecular formula is C21H34ClN. The molecule has 1 aliphatic rings. The maximum atomic E-state index is 6.08. The molecule has 0 bridgehead atoms. The van der Waals surface area contributed by atoms with Gasteiger partial charge in [0, 0.05) is 24.4 Å². The predicted octanol–water partition coefficient (Wildman–Crippen LogP) is 5.50. The largest absolute Gasteiger partial charge is 0.303 e. The Morgan fingerprint density at radius 3 is 2.43 bits per heavy atom. The molecule has 0 saturated carbocycles. The summed E-state index contributed by atoms with van der Waals surface area (Å²) in [6.45, 7) is 15.3. The first-order valence-corrected chi connectivity index (χ1v) is 9.63. The molecule has 1 saturated heterocycles. The van der Waals surface area contributed by atoms with E-state index < -0.39 is 0 Å². The standard InChI is InChI=1S/C21H34ClN/c1-17(14-23-12-6-11-20(2,3)16-23)13-18-7-9-19(10-8-18)21(4,5)15-22/h7-10,17H,6,11-16H2,1-5H3. The van der Waals surface area contributed by atoms with Crippen LogP contribution in [0.2, 0.25) is 0 Å². The van der Waals surface area contributed by atoms with Crippen molar-refractivity contribution in [3.8, 4) is 0 Å². The first-order chi connectivity index (χ1) is 10.7. The van der Waals surface area contributed by atoms with Crippen molar-refractivity contribution < 1.29 is 0 Å². The lowest BCUT2D eigenvalue weighted by molar-refractivity contribution is 0.104. The minimum Gasteiger partial charge on any atom is -0.303 e. The van der Waals surface area contributed by atoms with Gasteiger partial charge >= 0.3 is 0 Å². The topological polar surface area (TPSA) is 3.24 Å². The zero-order valence-electron chi connectivity index (χ0n) is 15.7. The van der Waals surface area contributed by atoms with Gasteiger partial charge in [-0.05, 0) is 48.3 Å². The van der Waals surface area contributed by atoms with Crippen LogP contribution in [-0.2, 0) is 11.8 Å². The Morgan fingerprint density at radius 2 is 1.87 bits per heavy atom. The molecular weight excluding hydrogens is 302 g/mol. The number of hydrogen-bond donors (Lipinski definition) is 0. The van der Waals surface area contributed by atoms with Gasteiger partial charge in [-0.15, -0.1) is 11.6 Å². The maximum absolute atomic E-state index is 6.08. The number of benzene rings is 1. The Hall–Kier alpha value is -0.530. The molecule has 1 heterocycles. The molecule has 0 amide bonds. The smallest absolute Gasteiger partial charge is 0.0315 e. The average Bonchev–Trinajstić information content (AvgIpc) is 2.46. The number of hydrogen-bond acceptors (Lipinski definition) is 1. The van der Waals surface area contributed by atoms with Gasteiger partial charge in [-0.1, -0.05) is 58.9 Å². The second-order valence-electron chi connectivity index (χ2n) is 9.03. The number of halogens is 1. The van der Waals surface area contributed by atoms with Gasteiger partial charge in [-0.25, -0.2) is 0 Å². The van der Waals surface area contributed by atoms with E-state index in [0.717, 1.165) is 0 Å². The third-order valence-electron chi connectivity index (χ3n) is 5.20. The van der Waals surface area contributed by atoms with Gasteiger partial charge < -0.3 is 4.90 Å². The van der Waals surface area contributed by atoms with Gasteiger partial charge in [-0.2, -0.15) is 0 Å². The highest BCUT2D eigenvalue weighted by atomic mass is 35.5. The number of alkyl halides is 1. The molecule has 130 valence electrons. The van der Waals surface area contributed by atoms with Crippen LogP contribution in [0, 0.1) is 11.3 Å². The quantitative estimate of drug-likeness (QED) is 0.620. The number of rotatable bonds is 6. The Morgan fingerprint density at radius 1 is 1.22 bits per heavy atom. The Balaban J connectivity index is 1.89. The molecule has 1 fully saturated rings. The minimum atomic E-state index is 0.0606. The monoisotopic (exact) mass is 335 g/mol. The lowest BCUT2D eigenvalue weighted by atomic mass is 9.83. The second-order valence-corrected chi connectivity index (χ2v) is 9.29. The van der Waals surface area contributed by atoms with E-state index in [2.05, 4.69) is 63.8 Å². The summed E-state index contributed by atoms with van der Waals surface area (Å²) in [6, 6.07) is 9.10. The van der Waals surface area contributed by atoms with Gasteiger partial charge in [0.1, 0.15) is 0 Å². The second kappa shape index (κ2) is 7.57. The Kier molecular flexibility index (Phi) is 6.19. The number of piperidine rings is 1. The van der Waals surface area contributed by atoms with Crippen LogP contribution in [0.4, 0.5) is 0 Å². The lowest BCUT2D eigenvalue weighted by Gasteiger charge is -2.39. The SMILES string of the molecule is CC(Cc1ccc(C(C)(C)CCl)cc1)CN1CCCC(C)(C)C1. The van der Waals surface area contributed by atoms with Crippen LogP contribution < -0.4 is 0 Å². The fourth-order valence-electron chi connectivity index (χ4n) is 3.78. The number of nitrogens with zero attached hydrogens (tertiary/aromatic N) is 1. The zero-order valence-corrected chi connectivity index (χ0v) is 16.4. The average molecular weight is 336 g/mol. The van der Waals surface area contributed by atoms with E-state index in [-0.39, 0.29) is 5.41 Å². The summed E-state index contributed by atoms with van der Waals surface area (Å²) < 4.78 is 0. The molecule has 0 N–H and O–H groups in total. The summed E-state index contributed by atoms with van der Waals surface area (Å²) in [6.07, 6.45) is 3.89. The van der Waals surface area contributed by atoms with Gasteiger partial charge in [0.25, 0.3) is 0 Å². The van der Waals surface area contributed by atoms with Crippen molar-refractivity contribution in [1.29, 1.82) is 0 Å². The summed E-state index contributed by atoms with van der Waals surface area (Å²) in [5.41, 5.74) is 3.34. The van der Waals surface area contributed by atoms with Crippen LogP contribution in [0.15, 0.2) is 24.3 Å². The molecule has 2 heteroatoms. The van der Waals surface area contributed by atoms with Crippen molar-refractivity contribution in [3.05, 3.63) is 35.4 Å². The Labute approximate surface area is 148 Å². The molecule has 0 spiro atoms. The van der Waals surface area contributed by atoms with Gasteiger partial charge in [0.15, 0.2) is 0 Å². The summed E-state index contributed by atoms with van der Waals surface area (Å²) >= 11 is 6.08. The highest BCUT2D eigenvalue weighted by Crippen LogP contribution is 2.29. The van der Waals surface area contributed by atoms with Crippen LogP contribution in [0.5, 0.6) is 0 Å². The van der Waals surface area contributed by atoms with E-state index >= 15 is 0 Å². The van der Waals surface area contributed by atoms with E-state index in [1.54, 1.807) is 0 Å².